The molecule has 41 heavy (non-hydrogen) atoms. The molecule has 2 fully saturated rings. The van der Waals surface area contributed by atoms with E-state index in [0.717, 1.165) is 32.0 Å². The second-order valence-electron chi connectivity index (χ2n) is 10.4. The minimum Gasteiger partial charge on any atom is -0.494 e. The molecule has 0 saturated carbocycles. The molecule has 5 rings (SSSR count). The second-order valence-corrected chi connectivity index (χ2v) is 10.4. The van der Waals surface area contributed by atoms with Gasteiger partial charge < -0.3 is 29.7 Å². The van der Waals surface area contributed by atoms with E-state index < -0.39 is 11.6 Å². The number of ether oxygens (including phenoxy) is 3. The molecule has 2 N–H and O–H groups in total. The predicted octanol–water partition coefficient (Wildman–Crippen LogP) is 4.07. The number of piperidine rings is 1. The molecular weight excluding hydrogens is 534 g/mol. The highest BCUT2D eigenvalue weighted by molar-refractivity contribution is 5.92. The molecule has 3 aromatic rings. The van der Waals surface area contributed by atoms with Gasteiger partial charge >= 0.3 is 0 Å². The van der Waals surface area contributed by atoms with Crippen molar-refractivity contribution in [3.8, 4) is 22.8 Å². The Kier molecular flexibility index (Phi) is 8.60. The predicted molar refractivity (Wildman–Crippen MR) is 151 cm³/mol. The molecule has 0 bridgehead atoms. The number of hydrogen-bond acceptors (Lipinski definition) is 10. The number of carbonyl (C=O) groups is 1. The minimum atomic E-state index is -0.886. The third kappa shape index (κ3) is 6.08. The molecule has 0 aliphatic carbocycles. The molecule has 218 valence electrons. The summed E-state index contributed by atoms with van der Waals surface area (Å²) in [4.78, 5) is 28.1. The average Bonchev–Trinajstić information content (AvgIpc) is 3.40. The van der Waals surface area contributed by atoms with E-state index in [1.54, 1.807) is 12.3 Å². The lowest BCUT2D eigenvalue weighted by atomic mass is 9.97. The number of nitrogens with one attached hydrogen (secondary N) is 2. The number of ketones is 1. The summed E-state index contributed by atoms with van der Waals surface area (Å²) in [7, 11) is 4.67. The van der Waals surface area contributed by atoms with E-state index in [0.29, 0.717) is 42.3 Å². The standard InChI is InChI=1S/C29H34F2N6O4/c1-5-19(38)10-17-14-41-15-21(17)35-29-32-13-16-11-20(24-25(30)22(39-3)12-23(40-4)26(24)31)34-28(27(16)36-29)33-18-6-8-37(2)9-7-18/h5,11-13,17-18,21H,1,6-10,14-15H2,2-4H3,(H,33,34)(H,32,35,36)/t17-,21+/m0/s1. The van der Waals surface area contributed by atoms with Gasteiger partial charge in [-0.3, -0.25) is 4.79 Å². The number of aromatic nitrogens is 3. The summed E-state index contributed by atoms with van der Waals surface area (Å²) in [6, 6.07) is 2.64. The molecule has 2 aliphatic heterocycles. The number of hydrogen-bond donors (Lipinski definition) is 2. The fourth-order valence-corrected chi connectivity index (χ4v) is 5.26. The average molecular weight is 569 g/mol. The maximum absolute atomic E-state index is 15.4. The van der Waals surface area contributed by atoms with Crippen molar-refractivity contribution in [3.63, 3.8) is 0 Å². The molecule has 0 unspecified atom stereocenters. The van der Waals surface area contributed by atoms with Crippen LogP contribution in [0.3, 0.4) is 0 Å². The van der Waals surface area contributed by atoms with E-state index in [-0.39, 0.29) is 46.5 Å². The van der Waals surface area contributed by atoms with Gasteiger partial charge in [0.2, 0.25) is 5.95 Å². The Morgan fingerprint density at radius 2 is 1.83 bits per heavy atom. The molecule has 2 atom stereocenters. The van der Waals surface area contributed by atoms with Crippen molar-refractivity contribution in [1.29, 1.82) is 0 Å². The van der Waals surface area contributed by atoms with Crippen molar-refractivity contribution >= 4 is 28.5 Å². The first-order valence-electron chi connectivity index (χ1n) is 13.5. The summed E-state index contributed by atoms with van der Waals surface area (Å²) >= 11 is 0. The van der Waals surface area contributed by atoms with Gasteiger partial charge in [-0.15, -0.1) is 0 Å². The quantitative estimate of drug-likeness (QED) is 0.348. The summed E-state index contributed by atoms with van der Waals surface area (Å²) in [6.07, 6.45) is 4.95. The lowest BCUT2D eigenvalue weighted by molar-refractivity contribution is -0.115. The fraction of sp³-hybridized carbons (Fsp3) is 0.448. The van der Waals surface area contributed by atoms with Gasteiger partial charge in [0.1, 0.15) is 5.52 Å². The summed E-state index contributed by atoms with van der Waals surface area (Å²) < 4.78 is 46.8. The highest BCUT2D eigenvalue weighted by Gasteiger charge is 2.31. The monoisotopic (exact) mass is 568 g/mol. The van der Waals surface area contributed by atoms with Crippen molar-refractivity contribution in [2.75, 3.05) is 58.2 Å². The smallest absolute Gasteiger partial charge is 0.223 e. The highest BCUT2D eigenvalue weighted by atomic mass is 19.1. The normalized spacial score (nSPS) is 19.7. The number of nitrogens with zero attached hydrogens (tertiary/aromatic N) is 4. The van der Waals surface area contributed by atoms with E-state index in [1.165, 1.54) is 20.3 Å². The van der Waals surface area contributed by atoms with Crippen molar-refractivity contribution in [3.05, 3.63) is 42.6 Å². The molecular formula is C29H34F2N6O4. The Bertz CT molecular complexity index is 1420. The van der Waals surface area contributed by atoms with Gasteiger partial charge in [-0.2, -0.15) is 0 Å². The molecule has 4 heterocycles. The van der Waals surface area contributed by atoms with Crippen LogP contribution >= 0.6 is 0 Å². The van der Waals surface area contributed by atoms with Crippen LogP contribution in [0.15, 0.2) is 31.0 Å². The molecule has 1 aromatic carbocycles. The van der Waals surface area contributed by atoms with Gasteiger partial charge in [-0.05, 0) is 45.1 Å². The van der Waals surface area contributed by atoms with Crippen LogP contribution in [0.2, 0.25) is 0 Å². The Labute approximate surface area is 237 Å². The number of allylic oxidation sites excluding steroid dienone is 1. The Balaban J connectivity index is 1.56. The van der Waals surface area contributed by atoms with Crippen LogP contribution in [-0.2, 0) is 9.53 Å². The Morgan fingerprint density at radius 3 is 2.49 bits per heavy atom. The van der Waals surface area contributed by atoms with Crippen LogP contribution < -0.4 is 20.1 Å². The summed E-state index contributed by atoms with van der Waals surface area (Å²) in [5.74, 6) is -1.47. The zero-order valence-electron chi connectivity index (χ0n) is 23.4. The SMILES string of the molecule is C=CC(=O)C[C@H]1COC[C@H]1Nc1ncc2cc(-c3c(F)c(OC)cc(OC)c3F)nc(NC3CCN(C)CC3)c2n1. The van der Waals surface area contributed by atoms with Gasteiger partial charge in [0.15, 0.2) is 34.7 Å². The van der Waals surface area contributed by atoms with Crippen LogP contribution in [0, 0.1) is 17.6 Å². The zero-order chi connectivity index (χ0) is 29.1. The summed E-state index contributed by atoms with van der Waals surface area (Å²) in [5, 5.41) is 7.30. The lowest BCUT2D eigenvalue weighted by Gasteiger charge is -2.30. The number of benzene rings is 1. The first-order valence-corrected chi connectivity index (χ1v) is 13.5. The van der Waals surface area contributed by atoms with Crippen LogP contribution in [0.1, 0.15) is 19.3 Å². The van der Waals surface area contributed by atoms with E-state index in [4.69, 9.17) is 19.2 Å². The lowest BCUT2D eigenvalue weighted by Crippen LogP contribution is -2.37. The number of rotatable bonds is 10. The second kappa shape index (κ2) is 12.3. The molecule has 12 heteroatoms. The number of likely N-dealkylation sites (tertiary alicyclic amines) is 1. The molecule has 2 aliphatic rings. The van der Waals surface area contributed by atoms with Crippen molar-refractivity contribution in [2.24, 2.45) is 5.92 Å². The van der Waals surface area contributed by atoms with E-state index in [1.807, 2.05) is 0 Å². The third-order valence-electron chi connectivity index (χ3n) is 7.66. The largest absolute Gasteiger partial charge is 0.494 e. The molecule has 10 nitrogen and oxygen atoms in total. The highest BCUT2D eigenvalue weighted by Crippen LogP contribution is 2.39. The first-order chi connectivity index (χ1) is 19.8. The molecule has 2 saturated heterocycles. The fourth-order valence-electron chi connectivity index (χ4n) is 5.26. The van der Waals surface area contributed by atoms with Gasteiger partial charge in [-0.1, -0.05) is 6.58 Å². The van der Waals surface area contributed by atoms with Gasteiger partial charge in [0, 0.05) is 36.0 Å². The van der Waals surface area contributed by atoms with E-state index >= 15 is 8.78 Å². The molecule has 2 aromatic heterocycles. The first kappa shape index (κ1) is 28.6. The Morgan fingerprint density at radius 1 is 1.12 bits per heavy atom. The number of fused-ring (bicyclic) bond motifs is 1. The molecule has 0 spiro atoms. The number of anilines is 2. The third-order valence-corrected chi connectivity index (χ3v) is 7.66. The number of pyridine rings is 1. The van der Waals surface area contributed by atoms with Gasteiger partial charge in [0.05, 0.1) is 44.7 Å². The van der Waals surface area contributed by atoms with E-state index in [2.05, 4.69) is 39.1 Å². The van der Waals surface area contributed by atoms with Crippen LogP contribution in [0.5, 0.6) is 11.5 Å². The summed E-state index contributed by atoms with van der Waals surface area (Å²) in [6.45, 7) is 6.21. The summed E-state index contributed by atoms with van der Waals surface area (Å²) in [5.41, 5.74) is 0.185. The molecule has 0 amide bonds. The Hall–Kier alpha value is -3.90. The minimum absolute atomic E-state index is 0.0499. The van der Waals surface area contributed by atoms with Crippen molar-refractivity contribution < 1.29 is 27.8 Å². The van der Waals surface area contributed by atoms with Crippen LogP contribution in [0.4, 0.5) is 20.5 Å². The topological polar surface area (TPSA) is 111 Å². The number of methoxy groups -OCH3 is 2. The molecule has 0 radical (unpaired) electrons. The van der Waals surface area contributed by atoms with Crippen LogP contribution in [-0.4, -0.2) is 85.3 Å². The van der Waals surface area contributed by atoms with Gasteiger partial charge in [-0.25, -0.2) is 23.7 Å². The maximum Gasteiger partial charge on any atom is 0.223 e. The number of carbonyl (C=O) groups excluding carboxylic acids is 1. The van der Waals surface area contributed by atoms with Crippen molar-refractivity contribution in [1.82, 2.24) is 19.9 Å². The zero-order valence-corrected chi connectivity index (χ0v) is 23.4. The number of halogens is 2. The van der Waals surface area contributed by atoms with Gasteiger partial charge in [0.25, 0.3) is 0 Å². The van der Waals surface area contributed by atoms with E-state index in [9.17, 15) is 4.79 Å². The van der Waals surface area contributed by atoms with Crippen LogP contribution in [0.25, 0.3) is 22.2 Å². The van der Waals surface area contributed by atoms with Crippen molar-refractivity contribution in [2.45, 2.75) is 31.3 Å². The maximum atomic E-state index is 15.4.